The van der Waals surface area contributed by atoms with Crippen LogP contribution in [-0.2, 0) is 11.3 Å². The number of rotatable bonds is 4. The maximum Gasteiger partial charge on any atom is 0.277 e. The summed E-state index contributed by atoms with van der Waals surface area (Å²) in [5.41, 5.74) is 2.01. The predicted octanol–water partition coefficient (Wildman–Crippen LogP) is 2.81. The van der Waals surface area contributed by atoms with Crippen LogP contribution in [0.4, 0.5) is 0 Å². The summed E-state index contributed by atoms with van der Waals surface area (Å²) < 4.78 is 0. The Morgan fingerprint density at radius 3 is 2.71 bits per heavy atom. The first kappa shape index (κ1) is 12.1. The van der Waals surface area contributed by atoms with Crippen LogP contribution in [-0.4, -0.2) is 24.1 Å². The Morgan fingerprint density at radius 2 is 2.12 bits per heavy atom. The molecule has 1 aliphatic heterocycles. The van der Waals surface area contributed by atoms with E-state index >= 15 is 0 Å². The Labute approximate surface area is 102 Å². The molecule has 0 saturated carbocycles. The van der Waals surface area contributed by atoms with Crippen molar-refractivity contribution in [1.29, 1.82) is 0 Å². The summed E-state index contributed by atoms with van der Waals surface area (Å²) in [7, 11) is 0. The number of hydrogen-bond donors (Lipinski definition) is 0. The average Bonchev–Trinajstić information content (AvgIpc) is 2.90. The topological polar surface area (TPSA) is 29.5 Å². The Bertz CT molecular complexity index is 366. The Morgan fingerprint density at radius 1 is 1.35 bits per heavy atom. The number of amides is 1. The van der Waals surface area contributed by atoms with Crippen LogP contribution in [0.25, 0.3) is 0 Å². The number of benzene rings is 1. The Hall–Kier alpha value is -1.35. The number of hydroxylamine groups is 2. The van der Waals surface area contributed by atoms with Crippen LogP contribution in [0.5, 0.6) is 0 Å². The van der Waals surface area contributed by atoms with Crippen LogP contribution in [0.15, 0.2) is 24.3 Å². The van der Waals surface area contributed by atoms with Crippen molar-refractivity contribution in [3.8, 4) is 0 Å². The van der Waals surface area contributed by atoms with Gasteiger partial charge in [0.2, 0.25) is 0 Å². The highest BCUT2D eigenvalue weighted by Gasteiger charge is 2.20. The molecule has 2 rings (SSSR count). The SMILES string of the molecule is CCCCc1ccc(C(=O)N2CCCO2)cc1. The fourth-order valence-corrected chi connectivity index (χ4v) is 1.95. The van der Waals surface area contributed by atoms with Gasteiger partial charge in [0, 0.05) is 5.56 Å². The first-order valence-electron chi connectivity index (χ1n) is 6.35. The van der Waals surface area contributed by atoms with Gasteiger partial charge >= 0.3 is 0 Å². The molecule has 0 aromatic heterocycles. The number of nitrogens with zero attached hydrogens (tertiary/aromatic N) is 1. The molecular weight excluding hydrogens is 214 g/mol. The summed E-state index contributed by atoms with van der Waals surface area (Å²) in [5, 5.41) is 1.46. The molecule has 92 valence electrons. The van der Waals surface area contributed by atoms with Crippen molar-refractivity contribution in [2.75, 3.05) is 13.2 Å². The van der Waals surface area contributed by atoms with Gasteiger partial charge in [-0.05, 0) is 37.0 Å². The van der Waals surface area contributed by atoms with E-state index in [4.69, 9.17) is 4.84 Å². The van der Waals surface area contributed by atoms with Gasteiger partial charge in [-0.1, -0.05) is 25.5 Å². The first-order valence-corrected chi connectivity index (χ1v) is 6.35. The lowest BCUT2D eigenvalue weighted by molar-refractivity contribution is -0.0768. The number of carbonyl (C=O) groups is 1. The van der Waals surface area contributed by atoms with Crippen LogP contribution in [0.1, 0.15) is 42.1 Å². The van der Waals surface area contributed by atoms with Crippen LogP contribution in [0, 0.1) is 0 Å². The van der Waals surface area contributed by atoms with Gasteiger partial charge in [0.25, 0.3) is 5.91 Å². The van der Waals surface area contributed by atoms with E-state index in [1.807, 2.05) is 24.3 Å². The second-order valence-electron chi connectivity index (χ2n) is 4.39. The number of aryl methyl sites for hydroxylation is 1. The van der Waals surface area contributed by atoms with Crippen molar-refractivity contribution in [3.05, 3.63) is 35.4 Å². The first-order chi connectivity index (χ1) is 8.31. The van der Waals surface area contributed by atoms with Gasteiger partial charge in [0.15, 0.2) is 0 Å². The quantitative estimate of drug-likeness (QED) is 0.800. The van der Waals surface area contributed by atoms with Gasteiger partial charge in [-0.15, -0.1) is 0 Å². The predicted molar refractivity (Wildman–Crippen MR) is 66.7 cm³/mol. The van der Waals surface area contributed by atoms with E-state index < -0.39 is 0 Å². The molecule has 1 heterocycles. The van der Waals surface area contributed by atoms with E-state index in [-0.39, 0.29) is 5.91 Å². The molecule has 1 aromatic rings. The zero-order valence-electron chi connectivity index (χ0n) is 10.3. The van der Waals surface area contributed by atoms with Crippen molar-refractivity contribution in [2.45, 2.75) is 32.6 Å². The highest BCUT2D eigenvalue weighted by Crippen LogP contribution is 2.13. The summed E-state index contributed by atoms with van der Waals surface area (Å²) in [4.78, 5) is 17.2. The van der Waals surface area contributed by atoms with E-state index in [1.165, 1.54) is 23.5 Å². The molecule has 0 bridgehead atoms. The maximum absolute atomic E-state index is 12.0. The molecule has 3 heteroatoms. The zero-order valence-corrected chi connectivity index (χ0v) is 10.3. The molecule has 1 amide bonds. The molecular formula is C14H19NO2. The number of unbranched alkanes of at least 4 members (excludes halogenated alkanes) is 1. The molecule has 0 atom stereocenters. The summed E-state index contributed by atoms with van der Waals surface area (Å²) >= 11 is 0. The van der Waals surface area contributed by atoms with Crippen molar-refractivity contribution in [1.82, 2.24) is 5.06 Å². The number of hydrogen-bond acceptors (Lipinski definition) is 2. The summed E-state index contributed by atoms with van der Waals surface area (Å²) in [5.74, 6) is -0.0236. The third-order valence-electron chi connectivity index (χ3n) is 3.00. The molecule has 0 aliphatic carbocycles. The van der Waals surface area contributed by atoms with Gasteiger partial charge in [-0.25, -0.2) is 5.06 Å². The van der Waals surface area contributed by atoms with Gasteiger partial charge < -0.3 is 0 Å². The molecule has 0 radical (unpaired) electrons. The lowest BCUT2D eigenvalue weighted by atomic mass is 10.1. The van der Waals surface area contributed by atoms with Crippen LogP contribution >= 0.6 is 0 Å². The molecule has 3 nitrogen and oxygen atoms in total. The molecule has 1 aromatic carbocycles. The molecule has 0 unspecified atom stereocenters. The van der Waals surface area contributed by atoms with Crippen LogP contribution < -0.4 is 0 Å². The second-order valence-corrected chi connectivity index (χ2v) is 4.39. The van der Waals surface area contributed by atoms with E-state index in [2.05, 4.69) is 6.92 Å². The minimum atomic E-state index is -0.0236. The standard InChI is InChI=1S/C14H19NO2/c1-2-3-5-12-6-8-13(9-7-12)14(16)15-10-4-11-17-15/h6-9H,2-5,10-11H2,1H3. The van der Waals surface area contributed by atoms with Crippen molar-refractivity contribution < 1.29 is 9.63 Å². The van der Waals surface area contributed by atoms with Gasteiger partial charge in [0.05, 0.1) is 13.2 Å². The maximum atomic E-state index is 12.0. The van der Waals surface area contributed by atoms with Crippen molar-refractivity contribution >= 4 is 5.91 Å². The second kappa shape index (κ2) is 5.82. The normalized spacial score (nSPS) is 15.2. The smallest absolute Gasteiger partial charge is 0.271 e. The van der Waals surface area contributed by atoms with E-state index in [0.29, 0.717) is 18.7 Å². The van der Waals surface area contributed by atoms with Gasteiger partial charge in [0.1, 0.15) is 0 Å². The van der Waals surface area contributed by atoms with Crippen molar-refractivity contribution in [3.63, 3.8) is 0 Å². The Balaban J connectivity index is 1.99. The molecule has 0 spiro atoms. The van der Waals surface area contributed by atoms with E-state index in [9.17, 15) is 4.79 Å². The highest BCUT2D eigenvalue weighted by atomic mass is 16.7. The average molecular weight is 233 g/mol. The molecule has 17 heavy (non-hydrogen) atoms. The van der Waals surface area contributed by atoms with Gasteiger partial charge in [-0.2, -0.15) is 0 Å². The third-order valence-corrected chi connectivity index (χ3v) is 3.00. The van der Waals surface area contributed by atoms with E-state index in [1.54, 1.807) is 0 Å². The third kappa shape index (κ3) is 3.07. The number of carbonyl (C=O) groups excluding carboxylic acids is 1. The Kier molecular flexibility index (Phi) is 4.15. The van der Waals surface area contributed by atoms with Crippen LogP contribution in [0.2, 0.25) is 0 Å². The summed E-state index contributed by atoms with van der Waals surface area (Å²) in [6.45, 7) is 3.54. The highest BCUT2D eigenvalue weighted by molar-refractivity contribution is 5.93. The molecule has 1 fully saturated rings. The fraction of sp³-hybridized carbons (Fsp3) is 0.500. The minimum Gasteiger partial charge on any atom is -0.271 e. The largest absolute Gasteiger partial charge is 0.277 e. The lowest BCUT2D eigenvalue weighted by Gasteiger charge is -2.13. The monoisotopic (exact) mass is 233 g/mol. The summed E-state index contributed by atoms with van der Waals surface area (Å²) in [6, 6.07) is 7.88. The fourth-order valence-electron chi connectivity index (χ4n) is 1.95. The molecule has 1 aliphatic rings. The molecule has 0 N–H and O–H groups in total. The zero-order chi connectivity index (χ0) is 12.1. The lowest BCUT2D eigenvalue weighted by Crippen LogP contribution is -2.26. The van der Waals surface area contributed by atoms with Gasteiger partial charge in [-0.3, -0.25) is 9.63 Å². The van der Waals surface area contributed by atoms with E-state index in [0.717, 1.165) is 12.8 Å². The van der Waals surface area contributed by atoms with Crippen LogP contribution in [0.3, 0.4) is 0 Å². The summed E-state index contributed by atoms with van der Waals surface area (Å²) in [6.07, 6.45) is 4.41. The molecule has 1 saturated heterocycles. The minimum absolute atomic E-state index is 0.0236. The van der Waals surface area contributed by atoms with Crippen molar-refractivity contribution in [2.24, 2.45) is 0 Å².